The van der Waals surface area contributed by atoms with Gasteiger partial charge in [0, 0.05) is 30.2 Å². The van der Waals surface area contributed by atoms with Gasteiger partial charge in [0.1, 0.15) is 5.58 Å². The SMILES string of the molecule is C[C@@H](Cc1ccc(F)c(F)c1)C(=O)N[C@H]1N=C(c2ccc3c(=O)ccoc3c2)c2ccccc2N(C)C1=O. The third-order valence-electron chi connectivity index (χ3n) is 6.53. The molecule has 192 valence electrons. The van der Waals surface area contributed by atoms with Crippen LogP contribution in [0.25, 0.3) is 11.0 Å². The fourth-order valence-corrected chi connectivity index (χ4v) is 4.47. The molecule has 7 nitrogen and oxygen atoms in total. The Labute approximate surface area is 216 Å². The number of benzene rings is 3. The Hall–Kier alpha value is -4.66. The van der Waals surface area contributed by atoms with Crippen LogP contribution in [0.2, 0.25) is 0 Å². The van der Waals surface area contributed by atoms with Crippen molar-refractivity contribution in [3.8, 4) is 0 Å². The Bertz CT molecular complexity index is 1660. The van der Waals surface area contributed by atoms with E-state index < -0.39 is 35.5 Å². The number of anilines is 1. The van der Waals surface area contributed by atoms with Gasteiger partial charge in [-0.3, -0.25) is 14.4 Å². The number of fused-ring (bicyclic) bond motifs is 2. The van der Waals surface area contributed by atoms with Crippen molar-refractivity contribution in [2.45, 2.75) is 19.5 Å². The molecule has 0 saturated carbocycles. The average molecular weight is 516 g/mol. The third-order valence-corrected chi connectivity index (χ3v) is 6.53. The lowest BCUT2D eigenvalue weighted by molar-refractivity contribution is -0.129. The topological polar surface area (TPSA) is 92.0 Å². The van der Waals surface area contributed by atoms with Crippen LogP contribution in [-0.4, -0.2) is 30.7 Å². The number of hydrogen-bond donors (Lipinski definition) is 1. The fraction of sp³-hybridized carbons (Fsp3) is 0.172. The molecule has 2 amide bonds. The Kier molecular flexibility index (Phi) is 6.59. The first-order valence-electron chi connectivity index (χ1n) is 11.9. The summed E-state index contributed by atoms with van der Waals surface area (Å²) in [6.45, 7) is 1.63. The van der Waals surface area contributed by atoms with Crippen LogP contribution in [0.3, 0.4) is 0 Å². The Balaban J connectivity index is 1.51. The number of nitrogens with one attached hydrogen (secondary N) is 1. The van der Waals surface area contributed by atoms with Crippen molar-refractivity contribution >= 4 is 34.2 Å². The Morgan fingerprint density at radius 1 is 1.05 bits per heavy atom. The molecule has 5 rings (SSSR count). The zero-order valence-electron chi connectivity index (χ0n) is 20.6. The first kappa shape index (κ1) is 25.0. The maximum atomic E-state index is 13.6. The lowest BCUT2D eigenvalue weighted by atomic mass is 9.99. The second-order valence-corrected chi connectivity index (χ2v) is 9.15. The van der Waals surface area contributed by atoms with Gasteiger partial charge in [0.25, 0.3) is 5.91 Å². The van der Waals surface area contributed by atoms with Gasteiger partial charge in [0.15, 0.2) is 17.1 Å². The van der Waals surface area contributed by atoms with Crippen molar-refractivity contribution in [2.75, 3.05) is 11.9 Å². The van der Waals surface area contributed by atoms with Gasteiger partial charge in [-0.25, -0.2) is 13.8 Å². The van der Waals surface area contributed by atoms with Gasteiger partial charge in [-0.15, -0.1) is 0 Å². The van der Waals surface area contributed by atoms with Crippen molar-refractivity contribution in [2.24, 2.45) is 10.9 Å². The summed E-state index contributed by atoms with van der Waals surface area (Å²) < 4.78 is 32.4. The maximum absolute atomic E-state index is 13.6. The molecule has 0 spiro atoms. The second kappa shape index (κ2) is 10.0. The highest BCUT2D eigenvalue weighted by atomic mass is 19.2. The summed E-state index contributed by atoms with van der Waals surface area (Å²) in [5.74, 6) is -3.54. The van der Waals surface area contributed by atoms with Gasteiger partial charge in [0.2, 0.25) is 12.1 Å². The molecule has 0 saturated heterocycles. The van der Waals surface area contributed by atoms with Gasteiger partial charge in [-0.05, 0) is 42.3 Å². The van der Waals surface area contributed by atoms with E-state index in [9.17, 15) is 23.2 Å². The average Bonchev–Trinajstić information content (AvgIpc) is 3.01. The monoisotopic (exact) mass is 515 g/mol. The van der Waals surface area contributed by atoms with E-state index in [0.29, 0.717) is 39.1 Å². The van der Waals surface area contributed by atoms with Gasteiger partial charge in [0.05, 0.1) is 23.0 Å². The molecule has 0 unspecified atom stereocenters. The molecule has 2 heterocycles. The molecule has 1 N–H and O–H groups in total. The second-order valence-electron chi connectivity index (χ2n) is 9.15. The van der Waals surface area contributed by atoms with Gasteiger partial charge in [-0.2, -0.15) is 0 Å². The molecular formula is C29H23F2N3O4. The molecule has 38 heavy (non-hydrogen) atoms. The summed E-state index contributed by atoms with van der Waals surface area (Å²) in [5.41, 5.74) is 2.91. The molecule has 0 fully saturated rings. The summed E-state index contributed by atoms with van der Waals surface area (Å²) in [6, 6.07) is 17.0. The van der Waals surface area contributed by atoms with Crippen LogP contribution in [-0.2, 0) is 16.0 Å². The number of likely N-dealkylation sites (N-methyl/N-ethyl adjacent to an activating group) is 1. The van der Waals surface area contributed by atoms with Crippen LogP contribution in [0.4, 0.5) is 14.5 Å². The highest BCUT2D eigenvalue weighted by Gasteiger charge is 2.32. The summed E-state index contributed by atoms with van der Waals surface area (Å²) >= 11 is 0. The summed E-state index contributed by atoms with van der Waals surface area (Å²) in [5, 5.41) is 3.11. The number of halogens is 2. The predicted molar refractivity (Wildman–Crippen MR) is 139 cm³/mol. The predicted octanol–water partition coefficient (Wildman–Crippen LogP) is 4.21. The van der Waals surface area contributed by atoms with E-state index in [1.165, 1.54) is 23.3 Å². The summed E-state index contributed by atoms with van der Waals surface area (Å²) in [7, 11) is 1.60. The number of benzodiazepines with no additional fused rings is 1. The van der Waals surface area contributed by atoms with Crippen LogP contribution in [0.15, 0.2) is 87.2 Å². The third kappa shape index (κ3) is 4.70. The normalized spacial score (nSPS) is 16.0. The molecule has 9 heteroatoms. The zero-order valence-corrected chi connectivity index (χ0v) is 20.6. The van der Waals surface area contributed by atoms with Crippen molar-refractivity contribution < 1.29 is 22.8 Å². The van der Waals surface area contributed by atoms with E-state index in [1.54, 1.807) is 44.3 Å². The number of amides is 2. The molecule has 1 aliphatic heterocycles. The summed E-state index contributed by atoms with van der Waals surface area (Å²) in [6.07, 6.45) is 0.201. The smallest absolute Gasteiger partial charge is 0.272 e. The van der Waals surface area contributed by atoms with Crippen LogP contribution < -0.4 is 15.6 Å². The van der Waals surface area contributed by atoms with Gasteiger partial charge in [-0.1, -0.05) is 37.3 Å². The standard InChI is InChI=1S/C29H23F2N3O4/c1-16(13-17-7-10-21(30)22(31)14-17)28(36)33-27-29(37)34(2)23-6-4-3-5-19(23)26(32-27)18-8-9-20-24(35)11-12-38-25(20)15-18/h3-12,14-16,27H,13H2,1-2H3,(H,33,36)/t16-,27+/m0/s1. The van der Waals surface area contributed by atoms with E-state index in [4.69, 9.17) is 4.42 Å². The molecule has 1 aromatic heterocycles. The van der Waals surface area contributed by atoms with Crippen molar-refractivity contribution in [1.29, 1.82) is 0 Å². The molecular weight excluding hydrogens is 492 g/mol. The van der Waals surface area contributed by atoms with Crippen molar-refractivity contribution in [1.82, 2.24) is 5.32 Å². The molecule has 4 aromatic rings. The minimum absolute atomic E-state index is 0.139. The van der Waals surface area contributed by atoms with E-state index in [2.05, 4.69) is 10.3 Å². The summed E-state index contributed by atoms with van der Waals surface area (Å²) in [4.78, 5) is 44.8. The number of carbonyl (C=O) groups excluding carboxylic acids is 2. The number of carbonyl (C=O) groups is 2. The highest BCUT2D eigenvalue weighted by Crippen LogP contribution is 2.28. The van der Waals surface area contributed by atoms with E-state index in [1.807, 2.05) is 12.1 Å². The Morgan fingerprint density at radius 2 is 1.84 bits per heavy atom. The zero-order chi connectivity index (χ0) is 27.0. The molecule has 0 bridgehead atoms. The first-order chi connectivity index (χ1) is 18.2. The molecule has 0 radical (unpaired) electrons. The molecule has 3 aromatic carbocycles. The number of rotatable bonds is 5. The van der Waals surface area contributed by atoms with E-state index in [0.717, 1.165) is 12.1 Å². The van der Waals surface area contributed by atoms with E-state index in [-0.39, 0.29) is 11.8 Å². The number of nitrogens with zero attached hydrogens (tertiary/aromatic N) is 2. The van der Waals surface area contributed by atoms with Crippen LogP contribution in [0.5, 0.6) is 0 Å². The number of para-hydroxylation sites is 1. The maximum Gasteiger partial charge on any atom is 0.272 e. The van der Waals surface area contributed by atoms with Gasteiger partial charge < -0.3 is 14.6 Å². The molecule has 1 aliphatic rings. The van der Waals surface area contributed by atoms with Crippen molar-refractivity contribution in [3.05, 3.63) is 112 Å². The highest BCUT2D eigenvalue weighted by molar-refractivity contribution is 6.20. The fourth-order valence-electron chi connectivity index (χ4n) is 4.47. The van der Waals surface area contributed by atoms with Crippen molar-refractivity contribution in [3.63, 3.8) is 0 Å². The molecule has 0 aliphatic carbocycles. The largest absolute Gasteiger partial charge is 0.464 e. The van der Waals surface area contributed by atoms with Crippen LogP contribution in [0, 0.1) is 17.6 Å². The quantitative estimate of drug-likeness (QED) is 0.431. The van der Waals surface area contributed by atoms with Gasteiger partial charge >= 0.3 is 0 Å². The lowest BCUT2D eigenvalue weighted by Gasteiger charge is -2.22. The van der Waals surface area contributed by atoms with Crippen LogP contribution >= 0.6 is 0 Å². The number of aliphatic imine (C=N–C) groups is 1. The van der Waals surface area contributed by atoms with E-state index >= 15 is 0 Å². The minimum Gasteiger partial charge on any atom is -0.464 e. The Morgan fingerprint density at radius 3 is 2.63 bits per heavy atom. The first-order valence-corrected chi connectivity index (χ1v) is 11.9. The minimum atomic E-state index is -1.25. The molecule has 2 atom stereocenters. The van der Waals surface area contributed by atoms with Crippen LogP contribution in [0.1, 0.15) is 23.6 Å². The number of hydrogen-bond acceptors (Lipinski definition) is 5. The lowest BCUT2D eigenvalue weighted by Crippen LogP contribution is -2.47.